The summed E-state index contributed by atoms with van der Waals surface area (Å²) in [7, 11) is 1.54. The highest BCUT2D eigenvalue weighted by Gasteiger charge is 2.23. The number of anilines is 1. The third kappa shape index (κ3) is 3.80. The first-order valence-electron chi connectivity index (χ1n) is 10.1. The van der Waals surface area contributed by atoms with E-state index in [1.54, 1.807) is 35.9 Å². The van der Waals surface area contributed by atoms with Gasteiger partial charge < -0.3 is 14.5 Å². The number of carbonyl (C=O) groups excluding carboxylic acids is 1. The third-order valence-corrected chi connectivity index (χ3v) is 5.34. The number of hydrogen-bond donors (Lipinski definition) is 1. The van der Waals surface area contributed by atoms with Gasteiger partial charge in [0.25, 0.3) is 5.91 Å². The molecule has 4 rings (SSSR count). The van der Waals surface area contributed by atoms with Crippen LogP contribution in [0.15, 0.2) is 70.1 Å². The molecule has 2 aromatic carbocycles. The van der Waals surface area contributed by atoms with Gasteiger partial charge in [0.1, 0.15) is 17.3 Å². The van der Waals surface area contributed by atoms with E-state index in [9.17, 15) is 9.59 Å². The normalized spacial score (nSPS) is 10.8. The number of ether oxygens (including phenoxy) is 1. The molecule has 2 aromatic heterocycles. The van der Waals surface area contributed by atoms with E-state index in [1.165, 1.54) is 13.4 Å². The van der Waals surface area contributed by atoms with Gasteiger partial charge in [-0.3, -0.25) is 9.59 Å². The van der Waals surface area contributed by atoms with Crippen LogP contribution < -0.4 is 15.5 Å². The van der Waals surface area contributed by atoms with Crippen LogP contribution in [0.1, 0.15) is 27.4 Å². The Bertz CT molecular complexity index is 1350. The van der Waals surface area contributed by atoms with E-state index in [0.717, 1.165) is 11.1 Å². The minimum atomic E-state index is -0.492. The molecule has 0 radical (unpaired) electrons. The number of para-hydroxylation sites is 1. The quantitative estimate of drug-likeness (QED) is 0.498. The minimum absolute atomic E-state index is 0.121. The molecule has 0 saturated heterocycles. The molecular formula is C25H23N3O4. The van der Waals surface area contributed by atoms with Crippen molar-refractivity contribution in [3.63, 3.8) is 0 Å². The number of nitrogens with zero attached hydrogens (tertiary/aromatic N) is 2. The summed E-state index contributed by atoms with van der Waals surface area (Å²) in [4.78, 5) is 26.3. The molecule has 0 aliphatic heterocycles. The Hall–Kier alpha value is -4.13. The maximum Gasteiger partial charge on any atom is 0.292 e. The summed E-state index contributed by atoms with van der Waals surface area (Å²) in [6.45, 7) is 5.66. The molecule has 0 atom stereocenters. The van der Waals surface area contributed by atoms with Gasteiger partial charge in [-0.1, -0.05) is 24.3 Å². The Morgan fingerprint density at radius 1 is 1.03 bits per heavy atom. The van der Waals surface area contributed by atoms with Crippen molar-refractivity contribution in [3.05, 3.63) is 93.7 Å². The fraction of sp³-hybridized carbons (Fsp3) is 0.160. The van der Waals surface area contributed by atoms with Gasteiger partial charge >= 0.3 is 0 Å². The number of carbonyl (C=O) groups is 1. The number of hydrogen-bond acceptors (Lipinski definition) is 5. The van der Waals surface area contributed by atoms with Gasteiger partial charge in [-0.15, -0.1) is 0 Å². The standard InChI is InChI=1S/C25H23N3O4/c1-15-11-12-18(14-16(15)2)28-24(26-25(30)21-10-7-13-32-21)22(23(29)17(3)27-28)19-8-5-6-9-20(19)31-4/h5-14H,1-4H3,(H,26,30). The van der Waals surface area contributed by atoms with Crippen molar-refractivity contribution in [2.24, 2.45) is 0 Å². The molecule has 0 spiro atoms. The van der Waals surface area contributed by atoms with Crippen molar-refractivity contribution in [2.75, 3.05) is 12.4 Å². The highest BCUT2D eigenvalue weighted by atomic mass is 16.5. The van der Waals surface area contributed by atoms with Gasteiger partial charge in [-0.2, -0.15) is 5.10 Å². The average Bonchev–Trinajstić information content (AvgIpc) is 3.33. The van der Waals surface area contributed by atoms with Gasteiger partial charge in [0, 0.05) is 5.56 Å². The Morgan fingerprint density at radius 3 is 2.50 bits per heavy atom. The molecule has 0 aliphatic carbocycles. The molecule has 2 heterocycles. The van der Waals surface area contributed by atoms with Crippen molar-refractivity contribution >= 4 is 11.7 Å². The van der Waals surface area contributed by atoms with Crippen LogP contribution in [0.25, 0.3) is 16.8 Å². The van der Waals surface area contributed by atoms with Crippen molar-refractivity contribution in [3.8, 4) is 22.6 Å². The van der Waals surface area contributed by atoms with E-state index < -0.39 is 5.91 Å². The number of aryl methyl sites for hydroxylation is 3. The van der Waals surface area contributed by atoms with Crippen LogP contribution in [0.5, 0.6) is 5.75 Å². The fourth-order valence-corrected chi connectivity index (χ4v) is 3.48. The predicted octanol–water partition coefficient (Wildman–Crippen LogP) is 4.68. The molecule has 0 bridgehead atoms. The van der Waals surface area contributed by atoms with Crippen LogP contribution in [0.2, 0.25) is 0 Å². The molecule has 1 amide bonds. The van der Waals surface area contributed by atoms with E-state index in [4.69, 9.17) is 9.15 Å². The molecule has 0 aliphatic rings. The van der Waals surface area contributed by atoms with Gasteiger partial charge in [0.05, 0.1) is 24.6 Å². The van der Waals surface area contributed by atoms with Crippen LogP contribution in [0.3, 0.4) is 0 Å². The number of methoxy groups -OCH3 is 1. The highest BCUT2D eigenvalue weighted by molar-refractivity contribution is 6.04. The summed E-state index contributed by atoms with van der Waals surface area (Å²) in [6.07, 6.45) is 1.42. The van der Waals surface area contributed by atoms with Crippen molar-refractivity contribution in [1.29, 1.82) is 0 Å². The molecule has 32 heavy (non-hydrogen) atoms. The lowest BCUT2D eigenvalue weighted by Crippen LogP contribution is -2.25. The highest BCUT2D eigenvalue weighted by Crippen LogP contribution is 2.34. The lowest BCUT2D eigenvalue weighted by molar-refractivity contribution is 0.0996. The van der Waals surface area contributed by atoms with E-state index in [-0.39, 0.29) is 22.6 Å². The zero-order valence-electron chi connectivity index (χ0n) is 18.3. The molecular weight excluding hydrogens is 406 g/mol. The molecule has 0 unspecified atom stereocenters. The number of nitrogens with one attached hydrogen (secondary N) is 1. The summed E-state index contributed by atoms with van der Waals surface area (Å²) >= 11 is 0. The van der Waals surface area contributed by atoms with E-state index in [0.29, 0.717) is 22.7 Å². The van der Waals surface area contributed by atoms with Crippen LogP contribution in [0.4, 0.5) is 5.82 Å². The SMILES string of the molecule is COc1ccccc1-c1c(NC(=O)c2ccco2)n(-c2ccc(C)c(C)c2)nc(C)c1=O. The number of benzene rings is 2. The molecule has 4 aromatic rings. The van der Waals surface area contributed by atoms with E-state index >= 15 is 0 Å². The maximum absolute atomic E-state index is 13.3. The van der Waals surface area contributed by atoms with Crippen molar-refractivity contribution < 1.29 is 13.9 Å². The zero-order valence-corrected chi connectivity index (χ0v) is 18.3. The molecule has 162 valence electrons. The number of aromatic nitrogens is 2. The van der Waals surface area contributed by atoms with Crippen molar-refractivity contribution in [2.45, 2.75) is 20.8 Å². The second-order valence-corrected chi connectivity index (χ2v) is 7.45. The van der Waals surface area contributed by atoms with Crippen molar-refractivity contribution in [1.82, 2.24) is 9.78 Å². The summed E-state index contributed by atoms with van der Waals surface area (Å²) in [6, 6.07) is 16.2. The number of amides is 1. The molecule has 1 N–H and O–H groups in total. The summed E-state index contributed by atoms with van der Waals surface area (Å²) in [5.41, 5.74) is 3.72. The molecule has 0 saturated carbocycles. The summed E-state index contributed by atoms with van der Waals surface area (Å²) < 4.78 is 12.3. The van der Waals surface area contributed by atoms with Crippen LogP contribution in [0, 0.1) is 20.8 Å². The summed E-state index contributed by atoms with van der Waals surface area (Å²) in [5.74, 6) is 0.370. The van der Waals surface area contributed by atoms with Gasteiger partial charge in [0.2, 0.25) is 5.43 Å². The third-order valence-electron chi connectivity index (χ3n) is 5.34. The number of rotatable bonds is 5. The fourth-order valence-electron chi connectivity index (χ4n) is 3.48. The van der Waals surface area contributed by atoms with E-state index in [2.05, 4.69) is 10.4 Å². The lowest BCUT2D eigenvalue weighted by atomic mass is 10.0. The first-order valence-corrected chi connectivity index (χ1v) is 10.1. The largest absolute Gasteiger partial charge is 0.496 e. The Kier molecular flexibility index (Phi) is 5.64. The molecule has 7 nitrogen and oxygen atoms in total. The molecule has 7 heteroatoms. The van der Waals surface area contributed by atoms with Crippen LogP contribution in [-0.2, 0) is 0 Å². The van der Waals surface area contributed by atoms with Gasteiger partial charge in [0.15, 0.2) is 5.76 Å². The Morgan fingerprint density at radius 2 is 1.81 bits per heavy atom. The first kappa shape index (κ1) is 21.1. The monoisotopic (exact) mass is 429 g/mol. The van der Waals surface area contributed by atoms with E-state index in [1.807, 2.05) is 44.2 Å². The first-order chi connectivity index (χ1) is 15.4. The lowest BCUT2D eigenvalue weighted by Gasteiger charge is -2.19. The summed E-state index contributed by atoms with van der Waals surface area (Å²) in [5, 5.41) is 7.35. The molecule has 0 fully saturated rings. The predicted molar refractivity (Wildman–Crippen MR) is 123 cm³/mol. The maximum atomic E-state index is 13.3. The topological polar surface area (TPSA) is 86.4 Å². The van der Waals surface area contributed by atoms with Gasteiger partial charge in [-0.25, -0.2) is 4.68 Å². The van der Waals surface area contributed by atoms with Gasteiger partial charge in [-0.05, 0) is 62.2 Å². The van der Waals surface area contributed by atoms with Crippen LogP contribution >= 0.6 is 0 Å². The average molecular weight is 429 g/mol. The minimum Gasteiger partial charge on any atom is -0.496 e. The number of furan rings is 1. The Balaban J connectivity index is 2.03. The smallest absolute Gasteiger partial charge is 0.292 e. The second-order valence-electron chi connectivity index (χ2n) is 7.45. The Labute approximate surface area is 185 Å². The zero-order chi connectivity index (χ0) is 22.8. The van der Waals surface area contributed by atoms with Crippen LogP contribution in [-0.4, -0.2) is 22.8 Å². The second kappa shape index (κ2) is 8.55.